The molecule has 0 saturated heterocycles. The molecule has 0 fully saturated rings. The fourth-order valence-corrected chi connectivity index (χ4v) is 2.36. The van der Waals surface area contributed by atoms with Crippen LogP contribution in [0.3, 0.4) is 0 Å². The number of hydrogen-bond donors (Lipinski definition) is 1. The number of benzene rings is 1. The van der Waals surface area contributed by atoms with Crippen molar-refractivity contribution in [2.45, 2.75) is 6.54 Å². The molecule has 6 heteroatoms. The van der Waals surface area contributed by atoms with Crippen LogP contribution >= 0.6 is 0 Å². The Morgan fingerprint density at radius 1 is 1.10 bits per heavy atom. The summed E-state index contributed by atoms with van der Waals surface area (Å²) in [6.07, 6.45) is 5.62. The zero-order chi connectivity index (χ0) is 14.2. The highest BCUT2D eigenvalue weighted by Gasteiger charge is 2.17. The van der Waals surface area contributed by atoms with Gasteiger partial charge in [-0.05, 0) is 24.3 Å². The van der Waals surface area contributed by atoms with E-state index >= 15 is 0 Å². The fourth-order valence-electron chi connectivity index (χ4n) is 2.36. The Labute approximate surface area is 120 Å². The minimum atomic E-state index is 0.397. The maximum absolute atomic E-state index is 5.81. The summed E-state index contributed by atoms with van der Waals surface area (Å²) in [4.78, 5) is 4.48. The number of fused-ring (bicyclic) bond motifs is 1. The number of nitrogens with zero attached hydrogens (tertiary/aromatic N) is 4. The number of aromatic nitrogens is 4. The molecule has 0 aliphatic rings. The van der Waals surface area contributed by atoms with E-state index in [1.807, 2.05) is 53.4 Å². The van der Waals surface area contributed by atoms with Crippen molar-refractivity contribution in [3.05, 3.63) is 60.6 Å². The second-order valence-corrected chi connectivity index (χ2v) is 4.66. The standard InChI is InChI=1S/C15H13N5O/c16-9-11-10-17-20(14(11)19-7-3-4-8-19)15-18-12-5-1-2-6-13(12)21-15/h1-8,10H,9,16H2. The van der Waals surface area contributed by atoms with Crippen LogP contribution in [0.25, 0.3) is 22.9 Å². The van der Waals surface area contributed by atoms with Crippen LogP contribution in [0.5, 0.6) is 0 Å². The highest BCUT2D eigenvalue weighted by molar-refractivity contribution is 5.73. The van der Waals surface area contributed by atoms with Crippen molar-refractivity contribution < 1.29 is 4.42 Å². The van der Waals surface area contributed by atoms with Crippen molar-refractivity contribution in [3.8, 4) is 11.8 Å². The van der Waals surface area contributed by atoms with Gasteiger partial charge in [-0.15, -0.1) is 0 Å². The molecule has 0 radical (unpaired) electrons. The summed E-state index contributed by atoms with van der Waals surface area (Å²) < 4.78 is 9.40. The molecule has 0 atom stereocenters. The maximum atomic E-state index is 5.81. The van der Waals surface area contributed by atoms with Crippen LogP contribution in [0.1, 0.15) is 5.56 Å². The number of hydrogen-bond acceptors (Lipinski definition) is 4. The summed E-state index contributed by atoms with van der Waals surface area (Å²) in [6, 6.07) is 12.0. The first-order valence-corrected chi connectivity index (χ1v) is 6.63. The maximum Gasteiger partial charge on any atom is 0.325 e. The summed E-state index contributed by atoms with van der Waals surface area (Å²) in [7, 11) is 0. The Morgan fingerprint density at radius 3 is 2.67 bits per heavy atom. The molecule has 4 aromatic rings. The van der Waals surface area contributed by atoms with Gasteiger partial charge in [-0.3, -0.25) is 0 Å². The molecule has 0 spiro atoms. The summed E-state index contributed by atoms with van der Waals surface area (Å²) in [5.74, 6) is 0.842. The Balaban J connectivity index is 1.94. The Bertz CT molecular complexity index is 855. The van der Waals surface area contributed by atoms with Gasteiger partial charge in [0, 0.05) is 24.5 Å². The zero-order valence-electron chi connectivity index (χ0n) is 11.2. The van der Waals surface area contributed by atoms with Gasteiger partial charge in [0.25, 0.3) is 0 Å². The summed E-state index contributed by atoms with van der Waals surface area (Å²) in [5, 5.41) is 4.37. The van der Waals surface area contributed by atoms with E-state index in [9.17, 15) is 0 Å². The third kappa shape index (κ3) is 1.85. The molecule has 1 aromatic carbocycles. The highest BCUT2D eigenvalue weighted by Crippen LogP contribution is 2.22. The van der Waals surface area contributed by atoms with Crippen LogP contribution in [-0.2, 0) is 6.54 Å². The van der Waals surface area contributed by atoms with Crippen molar-refractivity contribution >= 4 is 11.1 Å². The van der Waals surface area contributed by atoms with Crippen LogP contribution < -0.4 is 5.73 Å². The molecule has 0 aliphatic heterocycles. The molecule has 21 heavy (non-hydrogen) atoms. The van der Waals surface area contributed by atoms with Crippen LogP contribution in [0, 0.1) is 0 Å². The third-order valence-corrected chi connectivity index (χ3v) is 3.35. The summed E-state index contributed by atoms with van der Waals surface area (Å²) in [5.41, 5.74) is 8.26. The Hall–Kier alpha value is -2.86. The predicted octanol–water partition coefficient (Wildman–Crippen LogP) is 2.26. The Kier molecular flexibility index (Phi) is 2.61. The van der Waals surface area contributed by atoms with Crippen LogP contribution in [0.15, 0.2) is 59.4 Å². The van der Waals surface area contributed by atoms with Crippen molar-refractivity contribution in [2.75, 3.05) is 0 Å². The molecular formula is C15H13N5O. The predicted molar refractivity (Wildman–Crippen MR) is 78.3 cm³/mol. The smallest absolute Gasteiger partial charge is 0.325 e. The van der Waals surface area contributed by atoms with E-state index in [0.29, 0.717) is 12.6 Å². The molecule has 2 N–H and O–H groups in total. The van der Waals surface area contributed by atoms with E-state index in [2.05, 4.69) is 10.1 Å². The van der Waals surface area contributed by atoms with Crippen LogP contribution in [-0.4, -0.2) is 19.3 Å². The molecule has 104 valence electrons. The molecular weight excluding hydrogens is 266 g/mol. The van der Waals surface area contributed by atoms with Crippen molar-refractivity contribution in [2.24, 2.45) is 5.73 Å². The van der Waals surface area contributed by atoms with Gasteiger partial charge in [0.15, 0.2) is 5.58 Å². The molecule has 3 aromatic heterocycles. The van der Waals surface area contributed by atoms with Crippen molar-refractivity contribution in [1.29, 1.82) is 0 Å². The molecule has 4 rings (SSSR count). The van der Waals surface area contributed by atoms with E-state index in [1.54, 1.807) is 10.9 Å². The molecule has 0 amide bonds. The average molecular weight is 279 g/mol. The summed E-state index contributed by atoms with van der Waals surface area (Å²) >= 11 is 0. The normalized spacial score (nSPS) is 11.3. The number of oxazole rings is 1. The van der Waals surface area contributed by atoms with E-state index in [-0.39, 0.29) is 0 Å². The lowest BCUT2D eigenvalue weighted by atomic mass is 10.3. The lowest BCUT2D eigenvalue weighted by Gasteiger charge is -2.06. The Morgan fingerprint density at radius 2 is 1.90 bits per heavy atom. The van der Waals surface area contributed by atoms with Gasteiger partial charge in [-0.1, -0.05) is 12.1 Å². The lowest BCUT2D eigenvalue weighted by Crippen LogP contribution is -2.08. The molecule has 0 aliphatic carbocycles. The largest absolute Gasteiger partial charge is 0.422 e. The second kappa shape index (κ2) is 4.60. The molecule has 0 unspecified atom stereocenters. The first-order valence-electron chi connectivity index (χ1n) is 6.63. The van der Waals surface area contributed by atoms with Gasteiger partial charge < -0.3 is 14.7 Å². The lowest BCUT2D eigenvalue weighted by molar-refractivity contribution is 0.538. The molecule has 3 heterocycles. The summed E-state index contributed by atoms with van der Waals surface area (Å²) in [6.45, 7) is 0.397. The average Bonchev–Trinajstić information content (AvgIpc) is 3.23. The minimum Gasteiger partial charge on any atom is -0.422 e. The number of rotatable bonds is 3. The van der Waals surface area contributed by atoms with E-state index in [0.717, 1.165) is 22.5 Å². The molecule has 0 saturated carbocycles. The van der Waals surface area contributed by atoms with Crippen LogP contribution in [0.2, 0.25) is 0 Å². The minimum absolute atomic E-state index is 0.397. The van der Waals surface area contributed by atoms with Gasteiger partial charge in [-0.25, -0.2) is 0 Å². The van der Waals surface area contributed by atoms with E-state index in [4.69, 9.17) is 10.2 Å². The van der Waals surface area contributed by atoms with Gasteiger partial charge >= 0.3 is 6.01 Å². The first-order chi connectivity index (χ1) is 10.4. The van der Waals surface area contributed by atoms with Gasteiger partial charge in [0.05, 0.1) is 6.20 Å². The van der Waals surface area contributed by atoms with Crippen molar-refractivity contribution in [3.63, 3.8) is 0 Å². The number of nitrogens with two attached hydrogens (primary N) is 1. The first kappa shape index (κ1) is 11.9. The quantitative estimate of drug-likeness (QED) is 0.624. The SMILES string of the molecule is NCc1cnn(-c2nc3ccccc3o2)c1-n1cccc1. The van der Waals surface area contributed by atoms with E-state index < -0.39 is 0 Å². The molecule has 0 bridgehead atoms. The molecule has 6 nitrogen and oxygen atoms in total. The number of para-hydroxylation sites is 2. The van der Waals surface area contributed by atoms with E-state index in [1.165, 1.54) is 0 Å². The second-order valence-electron chi connectivity index (χ2n) is 4.66. The highest BCUT2D eigenvalue weighted by atomic mass is 16.4. The monoisotopic (exact) mass is 279 g/mol. The topological polar surface area (TPSA) is 74.8 Å². The van der Waals surface area contributed by atoms with Gasteiger partial charge in [-0.2, -0.15) is 14.8 Å². The van der Waals surface area contributed by atoms with Crippen molar-refractivity contribution in [1.82, 2.24) is 19.3 Å². The van der Waals surface area contributed by atoms with Gasteiger partial charge in [0.2, 0.25) is 0 Å². The third-order valence-electron chi connectivity index (χ3n) is 3.35. The van der Waals surface area contributed by atoms with Gasteiger partial charge in [0.1, 0.15) is 11.3 Å². The van der Waals surface area contributed by atoms with Crippen LogP contribution in [0.4, 0.5) is 0 Å². The zero-order valence-corrected chi connectivity index (χ0v) is 11.2. The fraction of sp³-hybridized carbons (Fsp3) is 0.0667.